The van der Waals surface area contributed by atoms with Gasteiger partial charge in [0.1, 0.15) is 23.2 Å². The number of carbonyl (C=O) groups excluding carboxylic acids is 1. The van der Waals surface area contributed by atoms with Crippen molar-refractivity contribution < 1.29 is 9.21 Å². The molecule has 5 nitrogen and oxygen atoms in total. The van der Waals surface area contributed by atoms with Crippen molar-refractivity contribution in [2.45, 2.75) is 0 Å². The van der Waals surface area contributed by atoms with E-state index >= 15 is 0 Å². The van der Waals surface area contributed by atoms with Crippen molar-refractivity contribution in [2.24, 2.45) is 0 Å². The summed E-state index contributed by atoms with van der Waals surface area (Å²) in [6, 6.07) is 23.2. The van der Waals surface area contributed by atoms with Crippen molar-refractivity contribution in [3.8, 4) is 23.5 Å². The van der Waals surface area contributed by atoms with Crippen molar-refractivity contribution >= 4 is 17.7 Å². The van der Waals surface area contributed by atoms with E-state index in [4.69, 9.17) is 9.68 Å². The summed E-state index contributed by atoms with van der Waals surface area (Å²) in [5, 5.41) is 20.8. The Bertz CT molecular complexity index is 1030. The summed E-state index contributed by atoms with van der Waals surface area (Å²) in [6.07, 6.45) is 1.39. The highest BCUT2D eigenvalue weighted by molar-refractivity contribution is 6.09. The van der Waals surface area contributed by atoms with Crippen LogP contribution in [0.2, 0.25) is 0 Å². The number of para-hydroxylation sites is 1. The number of nitrogens with zero attached hydrogens (tertiary/aromatic N) is 2. The van der Waals surface area contributed by atoms with Gasteiger partial charge in [-0.15, -0.1) is 0 Å². The second-order valence-corrected chi connectivity index (χ2v) is 5.38. The van der Waals surface area contributed by atoms with Gasteiger partial charge in [-0.1, -0.05) is 18.2 Å². The first-order valence-corrected chi connectivity index (χ1v) is 7.78. The molecular formula is C21H13N3O2. The zero-order chi connectivity index (χ0) is 18.4. The molecule has 0 spiro atoms. The third kappa shape index (κ3) is 3.87. The van der Waals surface area contributed by atoms with E-state index < -0.39 is 5.91 Å². The summed E-state index contributed by atoms with van der Waals surface area (Å²) in [4.78, 5) is 12.2. The average molecular weight is 339 g/mol. The van der Waals surface area contributed by atoms with E-state index in [-0.39, 0.29) is 5.57 Å². The number of hydrogen-bond donors (Lipinski definition) is 1. The zero-order valence-electron chi connectivity index (χ0n) is 13.6. The summed E-state index contributed by atoms with van der Waals surface area (Å²) >= 11 is 0. The monoisotopic (exact) mass is 339 g/mol. The Balaban J connectivity index is 1.79. The highest BCUT2D eigenvalue weighted by Crippen LogP contribution is 2.24. The summed E-state index contributed by atoms with van der Waals surface area (Å²) < 4.78 is 5.69. The Morgan fingerprint density at radius 2 is 1.69 bits per heavy atom. The minimum atomic E-state index is -0.505. The van der Waals surface area contributed by atoms with Gasteiger partial charge in [0.25, 0.3) is 5.91 Å². The largest absolute Gasteiger partial charge is 0.457 e. The van der Waals surface area contributed by atoms with Crippen LogP contribution in [0.15, 0.2) is 76.7 Å². The van der Waals surface area contributed by atoms with Gasteiger partial charge in [-0.25, -0.2) is 0 Å². The van der Waals surface area contributed by atoms with Gasteiger partial charge >= 0.3 is 0 Å². The molecule has 0 atom stereocenters. The van der Waals surface area contributed by atoms with E-state index in [1.807, 2.05) is 12.1 Å². The van der Waals surface area contributed by atoms with Crippen LogP contribution in [-0.4, -0.2) is 5.91 Å². The molecule has 0 radical (unpaired) electrons. The van der Waals surface area contributed by atoms with Crippen LogP contribution in [0, 0.1) is 22.7 Å². The van der Waals surface area contributed by atoms with E-state index in [1.165, 1.54) is 6.08 Å². The molecule has 1 aromatic heterocycles. The number of rotatable bonds is 4. The van der Waals surface area contributed by atoms with Crippen LogP contribution < -0.4 is 5.32 Å². The summed E-state index contributed by atoms with van der Waals surface area (Å²) in [6.45, 7) is 0. The number of benzene rings is 2. The maximum absolute atomic E-state index is 12.2. The molecule has 1 amide bonds. The second kappa shape index (κ2) is 7.65. The Morgan fingerprint density at radius 1 is 0.962 bits per heavy atom. The lowest BCUT2D eigenvalue weighted by atomic mass is 10.1. The molecule has 3 aromatic rings. The SMILES string of the molecule is N#C/C(=C/c1ccc(-c2ccc(C#N)cc2)o1)C(=O)Nc1ccccc1. The molecule has 0 unspecified atom stereocenters. The standard InChI is InChI=1S/C21H13N3O2/c22-13-15-6-8-16(9-7-15)20-11-10-19(26-20)12-17(14-23)21(25)24-18-4-2-1-3-5-18/h1-12H,(H,24,25)/b17-12-. The molecule has 2 aromatic carbocycles. The molecule has 0 aliphatic heterocycles. The maximum atomic E-state index is 12.2. The Labute approximate surface area is 150 Å². The van der Waals surface area contributed by atoms with Crippen LogP contribution in [0.25, 0.3) is 17.4 Å². The van der Waals surface area contributed by atoms with Crippen LogP contribution in [0.3, 0.4) is 0 Å². The number of nitriles is 2. The molecular weight excluding hydrogens is 326 g/mol. The number of carbonyl (C=O) groups is 1. The van der Waals surface area contributed by atoms with Gasteiger partial charge in [0.05, 0.1) is 11.6 Å². The summed E-state index contributed by atoms with van der Waals surface area (Å²) in [5.74, 6) is 0.473. The topological polar surface area (TPSA) is 89.8 Å². The molecule has 26 heavy (non-hydrogen) atoms. The molecule has 0 saturated carbocycles. The number of hydrogen-bond acceptors (Lipinski definition) is 4. The van der Waals surface area contributed by atoms with Crippen molar-refractivity contribution in [1.82, 2.24) is 0 Å². The van der Waals surface area contributed by atoms with Crippen molar-refractivity contribution in [3.63, 3.8) is 0 Å². The van der Waals surface area contributed by atoms with Crippen molar-refractivity contribution in [2.75, 3.05) is 5.32 Å². The first-order chi connectivity index (χ1) is 12.7. The molecule has 0 aliphatic rings. The van der Waals surface area contributed by atoms with Gasteiger partial charge < -0.3 is 9.73 Å². The molecule has 3 rings (SSSR count). The van der Waals surface area contributed by atoms with E-state index in [0.29, 0.717) is 22.8 Å². The first kappa shape index (κ1) is 16.8. The minimum absolute atomic E-state index is 0.0606. The van der Waals surface area contributed by atoms with Crippen molar-refractivity contribution in [1.29, 1.82) is 10.5 Å². The predicted molar refractivity (Wildman–Crippen MR) is 97.5 cm³/mol. The third-order valence-corrected chi connectivity index (χ3v) is 3.61. The van der Waals surface area contributed by atoms with E-state index in [9.17, 15) is 10.1 Å². The van der Waals surface area contributed by atoms with E-state index in [2.05, 4.69) is 11.4 Å². The molecule has 0 bridgehead atoms. The van der Waals surface area contributed by atoms with Gasteiger partial charge in [0.15, 0.2) is 0 Å². The highest BCUT2D eigenvalue weighted by atomic mass is 16.3. The fraction of sp³-hybridized carbons (Fsp3) is 0. The van der Waals surface area contributed by atoms with Crippen LogP contribution in [0.1, 0.15) is 11.3 Å². The quantitative estimate of drug-likeness (QED) is 0.565. The van der Waals surface area contributed by atoms with E-state index in [1.54, 1.807) is 60.7 Å². The van der Waals surface area contributed by atoms with Gasteiger partial charge in [-0.2, -0.15) is 10.5 Å². The van der Waals surface area contributed by atoms with Gasteiger partial charge in [0, 0.05) is 17.3 Å². The van der Waals surface area contributed by atoms with Crippen LogP contribution in [-0.2, 0) is 4.79 Å². The Hall–Kier alpha value is -4.09. The molecule has 5 heteroatoms. The van der Waals surface area contributed by atoms with Gasteiger partial charge in [-0.3, -0.25) is 4.79 Å². The molecule has 0 aliphatic carbocycles. The molecule has 124 valence electrons. The Kier molecular flexibility index (Phi) is 4.93. The molecule has 1 N–H and O–H groups in total. The van der Waals surface area contributed by atoms with Crippen molar-refractivity contribution in [3.05, 3.63) is 83.6 Å². The Morgan fingerprint density at radius 3 is 2.35 bits per heavy atom. The number of anilines is 1. The summed E-state index contributed by atoms with van der Waals surface area (Å²) in [5.41, 5.74) is 1.91. The second-order valence-electron chi connectivity index (χ2n) is 5.38. The fourth-order valence-electron chi connectivity index (χ4n) is 2.31. The lowest BCUT2D eigenvalue weighted by molar-refractivity contribution is -0.112. The smallest absolute Gasteiger partial charge is 0.266 e. The lowest BCUT2D eigenvalue weighted by Crippen LogP contribution is -2.13. The van der Waals surface area contributed by atoms with Gasteiger partial charge in [-0.05, 0) is 48.5 Å². The maximum Gasteiger partial charge on any atom is 0.266 e. The average Bonchev–Trinajstić information content (AvgIpc) is 3.15. The number of furan rings is 1. The third-order valence-electron chi connectivity index (χ3n) is 3.61. The normalized spacial score (nSPS) is 10.6. The van der Waals surface area contributed by atoms with Crippen LogP contribution in [0.4, 0.5) is 5.69 Å². The molecule has 0 saturated heterocycles. The lowest BCUT2D eigenvalue weighted by Gasteiger charge is -2.03. The predicted octanol–water partition coefficient (Wildman–Crippen LogP) is 4.36. The molecule has 0 fully saturated rings. The highest BCUT2D eigenvalue weighted by Gasteiger charge is 2.11. The first-order valence-electron chi connectivity index (χ1n) is 7.78. The number of amides is 1. The minimum Gasteiger partial charge on any atom is -0.457 e. The number of nitrogens with one attached hydrogen (secondary N) is 1. The zero-order valence-corrected chi connectivity index (χ0v) is 13.6. The molecule has 1 heterocycles. The van der Waals surface area contributed by atoms with Crippen LogP contribution in [0.5, 0.6) is 0 Å². The van der Waals surface area contributed by atoms with Crippen LogP contribution >= 0.6 is 0 Å². The van der Waals surface area contributed by atoms with Gasteiger partial charge in [0.2, 0.25) is 0 Å². The summed E-state index contributed by atoms with van der Waals surface area (Å²) in [7, 11) is 0. The fourth-order valence-corrected chi connectivity index (χ4v) is 2.31. The van der Waals surface area contributed by atoms with E-state index in [0.717, 1.165) is 5.56 Å².